The molecule has 1 atom stereocenters. The van der Waals surface area contributed by atoms with Crippen LogP contribution in [-0.2, 0) is 22.7 Å². The van der Waals surface area contributed by atoms with E-state index < -0.39 is 6.04 Å². The van der Waals surface area contributed by atoms with Crippen LogP contribution in [0.3, 0.4) is 0 Å². The fraction of sp³-hybridized carbons (Fsp3) is 0.579. The molecule has 3 rings (SSSR count). The molecule has 0 radical (unpaired) electrons. The van der Waals surface area contributed by atoms with Crippen molar-refractivity contribution in [3.8, 4) is 5.75 Å². The third-order valence-electron chi connectivity index (χ3n) is 4.88. The van der Waals surface area contributed by atoms with Crippen LogP contribution < -0.4 is 4.74 Å². The van der Waals surface area contributed by atoms with Crippen LogP contribution in [0, 0.1) is 0 Å². The summed E-state index contributed by atoms with van der Waals surface area (Å²) in [6, 6.07) is 5.43. The second-order valence-corrected chi connectivity index (χ2v) is 7.30. The summed E-state index contributed by atoms with van der Waals surface area (Å²) >= 11 is 0. The van der Waals surface area contributed by atoms with Crippen molar-refractivity contribution < 1.29 is 19.4 Å². The van der Waals surface area contributed by atoms with Crippen LogP contribution in [0.5, 0.6) is 5.75 Å². The van der Waals surface area contributed by atoms with E-state index in [-0.39, 0.29) is 31.1 Å². The van der Waals surface area contributed by atoms with Gasteiger partial charge in [-0.15, -0.1) is 0 Å². The number of carbonyl (C=O) groups excluding carboxylic acids is 2. The van der Waals surface area contributed by atoms with E-state index >= 15 is 0 Å². The Hall–Kier alpha value is -2.12. The number of aliphatic hydroxyl groups excluding tert-OH is 1. The van der Waals surface area contributed by atoms with E-state index in [4.69, 9.17) is 4.74 Å². The molecule has 2 saturated heterocycles. The molecule has 1 aromatic rings. The minimum atomic E-state index is -0.393. The van der Waals surface area contributed by atoms with E-state index in [1.165, 1.54) is 4.90 Å². The molecule has 0 aromatic heterocycles. The molecule has 26 heavy (non-hydrogen) atoms. The third kappa shape index (κ3) is 3.83. The molecule has 0 spiro atoms. The number of amides is 2. The number of aliphatic hydroxyl groups is 1. The maximum absolute atomic E-state index is 12.4. The lowest BCUT2D eigenvalue weighted by Crippen LogP contribution is -2.65. The monoisotopic (exact) mass is 361 g/mol. The molecule has 2 aliphatic heterocycles. The van der Waals surface area contributed by atoms with Crippen molar-refractivity contribution in [1.82, 2.24) is 14.7 Å². The Morgan fingerprint density at radius 3 is 2.73 bits per heavy atom. The zero-order chi connectivity index (χ0) is 18.8. The summed E-state index contributed by atoms with van der Waals surface area (Å²) < 4.78 is 5.72. The molecule has 0 unspecified atom stereocenters. The quantitative estimate of drug-likeness (QED) is 0.824. The van der Waals surface area contributed by atoms with E-state index in [2.05, 4.69) is 4.90 Å². The summed E-state index contributed by atoms with van der Waals surface area (Å²) in [4.78, 5) is 29.9. The van der Waals surface area contributed by atoms with Crippen LogP contribution in [0.4, 0.5) is 0 Å². The number of ether oxygens (including phenoxy) is 1. The number of likely N-dealkylation sites (N-methyl/N-ethyl adjacent to an activating group) is 1. The van der Waals surface area contributed by atoms with Gasteiger partial charge in [-0.3, -0.25) is 14.5 Å². The summed E-state index contributed by atoms with van der Waals surface area (Å²) in [5.41, 5.74) is 1.82. The van der Waals surface area contributed by atoms with Crippen LogP contribution in [0.2, 0.25) is 0 Å². The van der Waals surface area contributed by atoms with Crippen LogP contribution >= 0.6 is 0 Å². The molecule has 142 valence electrons. The van der Waals surface area contributed by atoms with Crippen LogP contribution in [0.15, 0.2) is 18.2 Å². The Bertz CT molecular complexity index is 691. The van der Waals surface area contributed by atoms with Gasteiger partial charge < -0.3 is 19.6 Å². The van der Waals surface area contributed by atoms with Crippen LogP contribution in [-0.4, -0.2) is 77.0 Å². The molecule has 0 saturated carbocycles. The molecular weight excluding hydrogens is 334 g/mol. The lowest BCUT2D eigenvalue weighted by molar-refractivity contribution is -0.158. The topological polar surface area (TPSA) is 73.3 Å². The summed E-state index contributed by atoms with van der Waals surface area (Å²) in [5, 5.41) is 9.62. The highest BCUT2D eigenvalue weighted by molar-refractivity contribution is 5.95. The SMILES string of the molecule is CC(C)Oc1ccc(CN2CCN3C(=O)CN(C)C(=O)[C@@H]3C2)cc1CO. The number of hydrogen-bond acceptors (Lipinski definition) is 5. The molecule has 7 heteroatoms. The summed E-state index contributed by atoms with van der Waals surface area (Å²) in [5.74, 6) is 0.728. The zero-order valence-corrected chi connectivity index (χ0v) is 15.6. The molecule has 0 aliphatic carbocycles. The smallest absolute Gasteiger partial charge is 0.246 e. The second kappa shape index (κ2) is 7.63. The number of benzene rings is 1. The van der Waals surface area contributed by atoms with E-state index in [1.54, 1.807) is 11.9 Å². The van der Waals surface area contributed by atoms with Gasteiger partial charge in [-0.05, 0) is 31.5 Å². The van der Waals surface area contributed by atoms with Gasteiger partial charge >= 0.3 is 0 Å². The van der Waals surface area contributed by atoms with E-state index in [0.29, 0.717) is 25.4 Å². The molecule has 0 bridgehead atoms. The van der Waals surface area contributed by atoms with Crippen molar-refractivity contribution in [2.75, 3.05) is 33.2 Å². The fourth-order valence-corrected chi connectivity index (χ4v) is 3.60. The van der Waals surface area contributed by atoms with Gasteiger partial charge in [0.1, 0.15) is 11.8 Å². The Morgan fingerprint density at radius 2 is 2.04 bits per heavy atom. The second-order valence-electron chi connectivity index (χ2n) is 7.30. The van der Waals surface area contributed by atoms with Gasteiger partial charge in [0, 0.05) is 38.8 Å². The van der Waals surface area contributed by atoms with Crippen molar-refractivity contribution in [3.63, 3.8) is 0 Å². The molecule has 1 N–H and O–H groups in total. The van der Waals surface area contributed by atoms with E-state index in [1.807, 2.05) is 32.0 Å². The summed E-state index contributed by atoms with van der Waals surface area (Å²) in [7, 11) is 1.68. The number of hydrogen-bond donors (Lipinski definition) is 1. The van der Waals surface area contributed by atoms with Gasteiger partial charge in [0.05, 0.1) is 19.3 Å². The molecule has 2 aliphatic rings. The van der Waals surface area contributed by atoms with Crippen molar-refractivity contribution >= 4 is 11.8 Å². The largest absolute Gasteiger partial charge is 0.491 e. The van der Waals surface area contributed by atoms with Crippen molar-refractivity contribution in [3.05, 3.63) is 29.3 Å². The number of piperazine rings is 2. The Balaban J connectivity index is 1.70. The molecule has 1 aromatic carbocycles. The average molecular weight is 361 g/mol. The highest BCUT2D eigenvalue weighted by atomic mass is 16.5. The molecular formula is C19H27N3O4. The van der Waals surface area contributed by atoms with Gasteiger partial charge in [0.15, 0.2) is 0 Å². The number of fused-ring (bicyclic) bond motifs is 1. The maximum Gasteiger partial charge on any atom is 0.246 e. The molecule has 2 amide bonds. The normalized spacial score (nSPS) is 21.3. The van der Waals surface area contributed by atoms with E-state index in [0.717, 1.165) is 17.7 Å². The lowest BCUT2D eigenvalue weighted by atomic mass is 10.1. The van der Waals surface area contributed by atoms with E-state index in [9.17, 15) is 14.7 Å². The fourth-order valence-electron chi connectivity index (χ4n) is 3.60. The molecule has 2 fully saturated rings. The van der Waals surface area contributed by atoms with Crippen LogP contribution in [0.1, 0.15) is 25.0 Å². The first-order valence-electron chi connectivity index (χ1n) is 9.05. The van der Waals surface area contributed by atoms with Crippen molar-refractivity contribution in [1.29, 1.82) is 0 Å². The van der Waals surface area contributed by atoms with Gasteiger partial charge in [-0.1, -0.05) is 6.07 Å². The van der Waals surface area contributed by atoms with Gasteiger partial charge in [0.25, 0.3) is 0 Å². The van der Waals surface area contributed by atoms with Gasteiger partial charge in [-0.2, -0.15) is 0 Å². The average Bonchev–Trinajstić information content (AvgIpc) is 2.60. The van der Waals surface area contributed by atoms with Crippen molar-refractivity contribution in [2.45, 2.75) is 39.1 Å². The molecule has 2 heterocycles. The third-order valence-corrected chi connectivity index (χ3v) is 4.88. The van der Waals surface area contributed by atoms with Crippen molar-refractivity contribution in [2.24, 2.45) is 0 Å². The Kier molecular flexibility index (Phi) is 5.48. The minimum absolute atomic E-state index is 0.00558. The predicted molar refractivity (Wildman–Crippen MR) is 96.5 cm³/mol. The summed E-state index contributed by atoms with van der Waals surface area (Å²) in [6.07, 6.45) is 0.0473. The lowest BCUT2D eigenvalue weighted by Gasteiger charge is -2.45. The Labute approximate surface area is 154 Å². The molecule has 7 nitrogen and oxygen atoms in total. The number of nitrogens with zero attached hydrogens (tertiary/aromatic N) is 3. The first-order chi connectivity index (χ1) is 12.4. The van der Waals surface area contributed by atoms with Crippen LogP contribution in [0.25, 0.3) is 0 Å². The summed E-state index contributed by atoms with van der Waals surface area (Å²) in [6.45, 7) is 6.51. The first kappa shape index (κ1) is 18.7. The minimum Gasteiger partial charge on any atom is -0.491 e. The highest BCUT2D eigenvalue weighted by Gasteiger charge is 2.41. The zero-order valence-electron chi connectivity index (χ0n) is 15.6. The Morgan fingerprint density at radius 1 is 1.27 bits per heavy atom. The standard InChI is InChI=1S/C19H27N3O4/c1-13(2)26-17-5-4-14(8-15(17)12-23)9-21-6-7-22-16(10-21)19(25)20(3)11-18(22)24/h4-5,8,13,16,23H,6-7,9-12H2,1-3H3/t16-/m0/s1. The number of rotatable bonds is 5. The maximum atomic E-state index is 12.4. The first-order valence-corrected chi connectivity index (χ1v) is 9.05. The highest BCUT2D eigenvalue weighted by Crippen LogP contribution is 2.24. The number of carbonyl (C=O) groups is 2. The van der Waals surface area contributed by atoms with Gasteiger partial charge in [-0.25, -0.2) is 0 Å². The predicted octanol–water partition coefficient (Wildman–Crippen LogP) is 0.451. The van der Waals surface area contributed by atoms with Gasteiger partial charge in [0.2, 0.25) is 11.8 Å².